The minimum atomic E-state index is -0.0862. The van der Waals surface area contributed by atoms with Gasteiger partial charge in [-0.2, -0.15) is 0 Å². The average Bonchev–Trinajstić information content (AvgIpc) is 2.71. The maximum absolute atomic E-state index is 12.3. The number of nitrogens with one attached hydrogen (secondary N) is 1. The van der Waals surface area contributed by atoms with E-state index in [4.69, 9.17) is 11.6 Å². The molecule has 0 aliphatic carbocycles. The Bertz CT molecular complexity index is 933. The van der Waals surface area contributed by atoms with Gasteiger partial charge in [0.15, 0.2) is 5.16 Å². The van der Waals surface area contributed by atoms with Crippen LogP contribution in [-0.4, -0.2) is 30.0 Å². The topological polar surface area (TPSA) is 58.1 Å². The minimum absolute atomic E-state index is 0.0862. The molecule has 0 aliphatic heterocycles. The van der Waals surface area contributed by atoms with E-state index < -0.39 is 0 Å². The van der Waals surface area contributed by atoms with Gasteiger partial charge < -0.3 is 10.2 Å². The van der Waals surface area contributed by atoms with Gasteiger partial charge in [-0.1, -0.05) is 65.8 Å². The lowest BCUT2D eigenvalue weighted by atomic mass is 10.1. The molecule has 1 heterocycles. The largest absolute Gasteiger partial charge is 0.363 e. The Morgan fingerprint density at radius 3 is 2.43 bits per heavy atom. The molecule has 0 unspecified atom stereocenters. The lowest BCUT2D eigenvalue weighted by Gasteiger charge is -2.12. The van der Waals surface area contributed by atoms with Gasteiger partial charge in [-0.25, -0.2) is 9.97 Å². The van der Waals surface area contributed by atoms with Crippen LogP contribution in [0.25, 0.3) is 0 Å². The number of carbonyl (C=O) groups is 1. The average molecular weight is 413 g/mol. The second-order valence-corrected chi connectivity index (χ2v) is 7.71. The number of aromatic nitrogens is 2. The Balaban J connectivity index is 1.56. The highest BCUT2D eigenvalue weighted by atomic mass is 35.5. The van der Waals surface area contributed by atoms with Crippen molar-refractivity contribution in [3.05, 3.63) is 82.5 Å². The van der Waals surface area contributed by atoms with Crippen LogP contribution in [0.4, 0.5) is 5.82 Å². The van der Waals surface area contributed by atoms with E-state index in [9.17, 15) is 4.79 Å². The lowest BCUT2D eigenvalue weighted by molar-refractivity contribution is 0.0951. The van der Waals surface area contributed by atoms with Crippen LogP contribution in [-0.2, 0) is 12.3 Å². The van der Waals surface area contributed by atoms with Crippen LogP contribution >= 0.6 is 23.4 Å². The quantitative estimate of drug-likeness (QED) is 0.353. The van der Waals surface area contributed by atoms with E-state index in [1.54, 1.807) is 6.07 Å². The number of amides is 1. The second kappa shape index (κ2) is 9.57. The monoisotopic (exact) mass is 412 g/mol. The first-order chi connectivity index (χ1) is 13.5. The first kappa shape index (κ1) is 20.2. The zero-order chi connectivity index (χ0) is 19.9. The van der Waals surface area contributed by atoms with Gasteiger partial charge in [0.1, 0.15) is 11.0 Å². The van der Waals surface area contributed by atoms with E-state index >= 15 is 0 Å². The van der Waals surface area contributed by atoms with Crippen molar-refractivity contribution in [1.29, 1.82) is 0 Å². The van der Waals surface area contributed by atoms with Crippen molar-refractivity contribution in [1.82, 2.24) is 15.3 Å². The molecule has 28 heavy (non-hydrogen) atoms. The van der Waals surface area contributed by atoms with E-state index in [2.05, 4.69) is 15.3 Å². The molecule has 0 saturated carbocycles. The number of thioether (sulfide) groups is 1. The fourth-order valence-corrected chi connectivity index (χ4v) is 3.50. The third-order valence-electron chi connectivity index (χ3n) is 4.00. The number of halogens is 1. The molecule has 1 N–H and O–H groups in total. The summed E-state index contributed by atoms with van der Waals surface area (Å²) in [6.45, 7) is 0.511. The van der Waals surface area contributed by atoms with Crippen LogP contribution in [0.2, 0.25) is 5.15 Å². The summed E-state index contributed by atoms with van der Waals surface area (Å²) < 4.78 is 0. The van der Waals surface area contributed by atoms with Gasteiger partial charge in [0.25, 0.3) is 5.91 Å². The first-order valence-corrected chi connectivity index (χ1v) is 10.1. The molecule has 0 spiro atoms. The van der Waals surface area contributed by atoms with Crippen molar-refractivity contribution in [3.63, 3.8) is 0 Å². The second-order valence-electron chi connectivity index (χ2n) is 6.38. The fourth-order valence-electron chi connectivity index (χ4n) is 2.46. The van der Waals surface area contributed by atoms with Gasteiger partial charge in [0, 0.05) is 38.0 Å². The zero-order valence-corrected chi connectivity index (χ0v) is 17.3. The van der Waals surface area contributed by atoms with Crippen molar-refractivity contribution in [2.45, 2.75) is 17.5 Å². The van der Waals surface area contributed by atoms with Crippen molar-refractivity contribution < 1.29 is 4.79 Å². The molecule has 2 aromatic carbocycles. The van der Waals surface area contributed by atoms with E-state index in [1.807, 2.05) is 73.6 Å². The Labute approximate surface area is 174 Å². The SMILES string of the molecule is CN(C)c1cc(Cl)nc(SCc2ccc(C(=O)NCc3ccccc3)cc2)n1. The van der Waals surface area contributed by atoms with Gasteiger partial charge in [0.05, 0.1) is 0 Å². The normalized spacial score (nSPS) is 10.5. The summed E-state index contributed by atoms with van der Waals surface area (Å²) in [4.78, 5) is 22.9. The van der Waals surface area contributed by atoms with Crippen LogP contribution in [0.15, 0.2) is 65.8 Å². The van der Waals surface area contributed by atoms with Crippen LogP contribution in [0.5, 0.6) is 0 Å². The Kier molecular flexibility index (Phi) is 6.90. The number of hydrogen-bond acceptors (Lipinski definition) is 5. The van der Waals surface area contributed by atoms with Crippen molar-refractivity contribution in [3.8, 4) is 0 Å². The predicted molar refractivity (Wildman–Crippen MR) is 115 cm³/mol. The van der Waals surface area contributed by atoms with Crippen LogP contribution in [0.3, 0.4) is 0 Å². The summed E-state index contributed by atoms with van der Waals surface area (Å²) in [5.74, 6) is 1.38. The molecule has 5 nitrogen and oxygen atoms in total. The molecule has 0 bridgehead atoms. The predicted octanol–water partition coefficient (Wildman–Crippen LogP) is 4.42. The molecule has 7 heteroatoms. The maximum Gasteiger partial charge on any atom is 0.251 e. The molecule has 1 amide bonds. The van der Waals surface area contributed by atoms with Crippen molar-refractivity contribution >= 4 is 35.1 Å². The summed E-state index contributed by atoms with van der Waals surface area (Å²) in [5, 5.41) is 3.98. The van der Waals surface area contributed by atoms with E-state index in [1.165, 1.54) is 11.8 Å². The molecule has 0 saturated heterocycles. The van der Waals surface area contributed by atoms with Crippen molar-refractivity contribution in [2.75, 3.05) is 19.0 Å². The third kappa shape index (κ3) is 5.71. The molecule has 0 fully saturated rings. The molecular weight excluding hydrogens is 392 g/mol. The number of anilines is 1. The highest BCUT2D eigenvalue weighted by Gasteiger charge is 2.08. The summed E-state index contributed by atoms with van der Waals surface area (Å²) in [7, 11) is 3.82. The highest BCUT2D eigenvalue weighted by molar-refractivity contribution is 7.98. The number of carbonyl (C=O) groups excluding carboxylic acids is 1. The molecule has 1 aromatic heterocycles. The summed E-state index contributed by atoms with van der Waals surface area (Å²) in [5.41, 5.74) is 2.79. The van der Waals surface area contributed by atoms with E-state index in [0.717, 1.165) is 16.9 Å². The Morgan fingerprint density at radius 2 is 1.75 bits per heavy atom. The summed E-state index contributed by atoms with van der Waals surface area (Å²) in [6, 6.07) is 19.1. The molecule has 3 aromatic rings. The summed E-state index contributed by atoms with van der Waals surface area (Å²) >= 11 is 7.58. The smallest absolute Gasteiger partial charge is 0.251 e. The van der Waals surface area contributed by atoms with Gasteiger partial charge in [-0.05, 0) is 23.3 Å². The van der Waals surface area contributed by atoms with Gasteiger partial charge >= 0.3 is 0 Å². The Hall–Kier alpha value is -2.57. The van der Waals surface area contributed by atoms with Crippen LogP contribution in [0.1, 0.15) is 21.5 Å². The molecule has 3 rings (SSSR count). The highest BCUT2D eigenvalue weighted by Crippen LogP contribution is 2.24. The van der Waals surface area contributed by atoms with E-state index in [0.29, 0.717) is 28.2 Å². The molecular formula is C21H21ClN4OS. The van der Waals surface area contributed by atoms with E-state index in [-0.39, 0.29) is 5.91 Å². The Morgan fingerprint density at radius 1 is 1.04 bits per heavy atom. The van der Waals surface area contributed by atoms with Crippen LogP contribution in [0, 0.1) is 0 Å². The van der Waals surface area contributed by atoms with Crippen molar-refractivity contribution in [2.24, 2.45) is 0 Å². The number of hydrogen-bond donors (Lipinski definition) is 1. The van der Waals surface area contributed by atoms with Crippen LogP contribution < -0.4 is 10.2 Å². The minimum Gasteiger partial charge on any atom is -0.363 e. The molecule has 0 radical (unpaired) electrons. The number of benzene rings is 2. The fraction of sp³-hybridized carbons (Fsp3) is 0.190. The molecule has 144 valence electrons. The summed E-state index contributed by atoms with van der Waals surface area (Å²) in [6.07, 6.45) is 0. The number of nitrogens with zero attached hydrogens (tertiary/aromatic N) is 3. The standard InChI is InChI=1S/C21H21ClN4OS/c1-26(2)19-12-18(22)24-21(25-19)28-14-16-8-10-17(11-9-16)20(27)23-13-15-6-4-3-5-7-15/h3-12H,13-14H2,1-2H3,(H,23,27). The van der Waals surface area contributed by atoms with Gasteiger partial charge in [-0.3, -0.25) is 4.79 Å². The molecule has 0 atom stereocenters. The van der Waals surface area contributed by atoms with Gasteiger partial charge in [-0.15, -0.1) is 0 Å². The van der Waals surface area contributed by atoms with Gasteiger partial charge in [0.2, 0.25) is 0 Å². The maximum atomic E-state index is 12.3. The molecule has 0 aliphatic rings. The lowest BCUT2D eigenvalue weighted by Crippen LogP contribution is -2.22. The number of rotatable bonds is 7. The zero-order valence-electron chi connectivity index (χ0n) is 15.7. The third-order valence-corrected chi connectivity index (χ3v) is 5.11. The first-order valence-electron chi connectivity index (χ1n) is 8.77.